The van der Waals surface area contributed by atoms with Crippen molar-refractivity contribution in [1.29, 1.82) is 0 Å². The first-order valence-electron chi connectivity index (χ1n) is 6.20. The van der Waals surface area contributed by atoms with Gasteiger partial charge in [0.15, 0.2) is 5.78 Å². The Morgan fingerprint density at radius 1 is 1.14 bits per heavy atom. The molecule has 21 heavy (non-hydrogen) atoms. The monoisotopic (exact) mass is 322 g/mol. The molecular weight excluding hydrogens is 314 g/mol. The summed E-state index contributed by atoms with van der Waals surface area (Å²) in [5.41, 5.74) is 0.188. The van der Waals surface area contributed by atoms with Crippen molar-refractivity contribution < 1.29 is 13.6 Å². The average Bonchev–Trinajstić information content (AvgIpc) is 2.86. The SMILES string of the molecule is O=C(Cc1c(F)cccc1Cl)c1cc2cc(F)ccc2s1. The normalized spacial score (nSPS) is 11.0. The Morgan fingerprint density at radius 3 is 2.71 bits per heavy atom. The van der Waals surface area contributed by atoms with Crippen LogP contribution >= 0.6 is 22.9 Å². The van der Waals surface area contributed by atoms with Crippen LogP contribution in [0.15, 0.2) is 42.5 Å². The maximum absolute atomic E-state index is 13.7. The number of rotatable bonds is 3. The van der Waals surface area contributed by atoms with E-state index >= 15 is 0 Å². The molecule has 3 rings (SSSR count). The van der Waals surface area contributed by atoms with E-state index in [1.54, 1.807) is 18.2 Å². The highest BCUT2D eigenvalue weighted by Gasteiger charge is 2.16. The fourth-order valence-corrected chi connectivity index (χ4v) is 3.31. The number of fused-ring (bicyclic) bond motifs is 1. The van der Waals surface area contributed by atoms with Crippen LogP contribution in [0.3, 0.4) is 0 Å². The Hall–Kier alpha value is -1.78. The summed E-state index contributed by atoms with van der Waals surface area (Å²) in [4.78, 5) is 12.7. The molecule has 0 aliphatic heterocycles. The topological polar surface area (TPSA) is 17.1 Å². The van der Waals surface area contributed by atoms with E-state index in [9.17, 15) is 13.6 Å². The Kier molecular flexibility index (Phi) is 3.74. The van der Waals surface area contributed by atoms with Crippen molar-refractivity contribution in [2.75, 3.05) is 0 Å². The fourth-order valence-electron chi connectivity index (χ4n) is 2.10. The van der Waals surface area contributed by atoms with Crippen molar-refractivity contribution in [2.45, 2.75) is 6.42 Å². The van der Waals surface area contributed by atoms with E-state index in [4.69, 9.17) is 11.6 Å². The van der Waals surface area contributed by atoms with Crippen molar-refractivity contribution in [2.24, 2.45) is 0 Å². The minimum Gasteiger partial charge on any atom is -0.293 e. The lowest BCUT2D eigenvalue weighted by atomic mass is 10.1. The molecule has 0 saturated heterocycles. The molecule has 0 unspecified atom stereocenters. The molecule has 3 aromatic rings. The molecule has 1 nitrogen and oxygen atoms in total. The van der Waals surface area contributed by atoms with Gasteiger partial charge in [0.1, 0.15) is 11.6 Å². The first-order chi connectivity index (χ1) is 10.0. The van der Waals surface area contributed by atoms with Crippen molar-refractivity contribution in [3.8, 4) is 0 Å². The number of Topliss-reactive ketones (excluding diaryl/α,β-unsaturated/α-hetero) is 1. The van der Waals surface area contributed by atoms with E-state index in [1.165, 1.54) is 35.6 Å². The summed E-state index contributed by atoms with van der Waals surface area (Å²) in [6, 6.07) is 10.3. The second-order valence-corrected chi connectivity index (χ2v) is 6.08. The maximum Gasteiger partial charge on any atom is 0.177 e. The van der Waals surface area contributed by atoms with Crippen molar-refractivity contribution in [1.82, 2.24) is 0 Å². The zero-order chi connectivity index (χ0) is 15.0. The van der Waals surface area contributed by atoms with Crippen LogP contribution in [0.5, 0.6) is 0 Å². The molecule has 1 aromatic heterocycles. The van der Waals surface area contributed by atoms with Crippen LogP contribution in [0.25, 0.3) is 10.1 Å². The third kappa shape index (κ3) is 2.82. The lowest BCUT2D eigenvalue weighted by Crippen LogP contribution is -2.03. The highest BCUT2D eigenvalue weighted by atomic mass is 35.5. The van der Waals surface area contributed by atoms with Crippen LogP contribution in [-0.4, -0.2) is 5.78 Å². The molecule has 1 heterocycles. The Bertz CT molecular complexity index is 821. The maximum atomic E-state index is 13.7. The zero-order valence-electron chi connectivity index (χ0n) is 10.7. The second-order valence-electron chi connectivity index (χ2n) is 4.59. The van der Waals surface area contributed by atoms with Gasteiger partial charge in [-0.1, -0.05) is 17.7 Å². The van der Waals surface area contributed by atoms with E-state index in [0.717, 1.165) is 4.70 Å². The predicted octanol–water partition coefficient (Wildman–Crippen LogP) is 5.26. The van der Waals surface area contributed by atoms with Gasteiger partial charge >= 0.3 is 0 Å². The molecule has 0 radical (unpaired) electrons. The number of benzene rings is 2. The van der Waals surface area contributed by atoms with Gasteiger partial charge < -0.3 is 0 Å². The highest BCUT2D eigenvalue weighted by molar-refractivity contribution is 7.20. The smallest absolute Gasteiger partial charge is 0.177 e. The molecule has 0 N–H and O–H groups in total. The van der Waals surface area contributed by atoms with Gasteiger partial charge in [0.25, 0.3) is 0 Å². The fraction of sp³-hybridized carbons (Fsp3) is 0.0625. The molecule has 0 aliphatic carbocycles. The summed E-state index contributed by atoms with van der Waals surface area (Å²) in [6.07, 6.45) is -0.110. The molecular formula is C16H9ClF2OS. The van der Waals surface area contributed by atoms with Crippen LogP contribution in [0.2, 0.25) is 5.02 Å². The van der Waals surface area contributed by atoms with Gasteiger partial charge in [-0.05, 0) is 41.8 Å². The van der Waals surface area contributed by atoms with E-state index in [1.807, 2.05) is 0 Å². The first kappa shape index (κ1) is 14.2. The Morgan fingerprint density at radius 2 is 1.95 bits per heavy atom. The Labute approximate surface area is 128 Å². The third-order valence-corrected chi connectivity index (χ3v) is 4.66. The number of carbonyl (C=O) groups is 1. The van der Waals surface area contributed by atoms with E-state index < -0.39 is 5.82 Å². The number of halogens is 3. The van der Waals surface area contributed by atoms with Gasteiger partial charge in [0.05, 0.1) is 4.88 Å². The summed E-state index contributed by atoms with van der Waals surface area (Å²) in [6.45, 7) is 0. The average molecular weight is 323 g/mol. The minimum absolute atomic E-state index is 0.110. The van der Waals surface area contributed by atoms with E-state index in [0.29, 0.717) is 10.3 Å². The number of thiophene rings is 1. The number of hydrogen-bond donors (Lipinski definition) is 0. The van der Waals surface area contributed by atoms with Crippen LogP contribution in [-0.2, 0) is 6.42 Å². The first-order valence-corrected chi connectivity index (χ1v) is 7.39. The van der Waals surface area contributed by atoms with Crippen molar-refractivity contribution >= 4 is 38.8 Å². The van der Waals surface area contributed by atoms with Crippen LogP contribution < -0.4 is 0 Å². The van der Waals surface area contributed by atoms with Crippen LogP contribution in [0, 0.1) is 11.6 Å². The van der Waals surface area contributed by atoms with Gasteiger partial charge in [0, 0.05) is 21.7 Å². The largest absolute Gasteiger partial charge is 0.293 e. The van der Waals surface area contributed by atoms with Crippen LogP contribution in [0.4, 0.5) is 8.78 Å². The third-order valence-electron chi connectivity index (χ3n) is 3.15. The van der Waals surface area contributed by atoms with E-state index in [-0.39, 0.29) is 28.6 Å². The van der Waals surface area contributed by atoms with Crippen molar-refractivity contribution in [3.63, 3.8) is 0 Å². The Balaban J connectivity index is 1.94. The van der Waals surface area contributed by atoms with E-state index in [2.05, 4.69) is 0 Å². The second kappa shape index (κ2) is 5.54. The number of ketones is 1. The molecule has 0 bridgehead atoms. The predicted molar refractivity (Wildman–Crippen MR) is 81.2 cm³/mol. The van der Waals surface area contributed by atoms with Gasteiger partial charge in [-0.3, -0.25) is 4.79 Å². The zero-order valence-corrected chi connectivity index (χ0v) is 12.3. The summed E-state index contributed by atoms with van der Waals surface area (Å²) in [5, 5.41) is 0.901. The molecule has 2 aromatic carbocycles. The molecule has 5 heteroatoms. The standard InChI is InChI=1S/C16H9ClF2OS/c17-12-2-1-3-13(19)11(12)8-14(20)16-7-9-6-10(18)4-5-15(9)21-16/h1-7H,8H2. The number of carbonyl (C=O) groups excluding carboxylic acids is 1. The highest BCUT2D eigenvalue weighted by Crippen LogP contribution is 2.28. The molecule has 0 amide bonds. The summed E-state index contributed by atoms with van der Waals surface area (Å²) >= 11 is 7.19. The summed E-state index contributed by atoms with van der Waals surface area (Å²) < 4.78 is 27.7. The van der Waals surface area contributed by atoms with Gasteiger partial charge in [-0.15, -0.1) is 11.3 Å². The lowest BCUT2D eigenvalue weighted by Gasteiger charge is -2.03. The van der Waals surface area contributed by atoms with Gasteiger partial charge in [-0.25, -0.2) is 8.78 Å². The van der Waals surface area contributed by atoms with Crippen LogP contribution in [0.1, 0.15) is 15.2 Å². The van der Waals surface area contributed by atoms with Gasteiger partial charge in [0.2, 0.25) is 0 Å². The minimum atomic E-state index is -0.497. The molecule has 0 fully saturated rings. The summed E-state index contributed by atoms with van der Waals surface area (Å²) in [5.74, 6) is -1.08. The van der Waals surface area contributed by atoms with Crippen molar-refractivity contribution in [3.05, 3.63) is 69.6 Å². The quantitative estimate of drug-likeness (QED) is 0.601. The molecule has 0 saturated carbocycles. The molecule has 0 atom stereocenters. The summed E-state index contributed by atoms with van der Waals surface area (Å²) in [7, 11) is 0. The molecule has 106 valence electrons. The number of hydrogen-bond acceptors (Lipinski definition) is 2. The lowest BCUT2D eigenvalue weighted by molar-refractivity contribution is 0.0995. The molecule has 0 spiro atoms. The van der Waals surface area contributed by atoms with Gasteiger partial charge in [-0.2, -0.15) is 0 Å². The molecule has 0 aliphatic rings.